The highest BCUT2D eigenvalue weighted by molar-refractivity contribution is 5.79. The van der Waals surface area contributed by atoms with E-state index in [4.69, 9.17) is 5.73 Å². The van der Waals surface area contributed by atoms with Crippen molar-refractivity contribution in [2.24, 2.45) is 5.73 Å². The molecule has 0 bridgehead atoms. The molecule has 1 aromatic heterocycles. The topological polar surface area (TPSA) is 59.1 Å². The Balaban J connectivity index is 2.47. The van der Waals surface area contributed by atoms with Crippen LogP contribution in [0.3, 0.4) is 0 Å². The molecule has 0 aliphatic carbocycles. The van der Waals surface area contributed by atoms with Crippen LogP contribution >= 0.6 is 0 Å². The first-order valence-corrected chi connectivity index (χ1v) is 4.97. The number of rotatable bonds is 2. The van der Waals surface area contributed by atoms with Crippen LogP contribution in [-0.4, -0.2) is 16.1 Å². The minimum atomic E-state index is -0.616. The van der Waals surface area contributed by atoms with Gasteiger partial charge in [-0.25, -0.2) is 0 Å². The molecule has 1 aromatic carbocycles. The van der Waals surface area contributed by atoms with E-state index in [-0.39, 0.29) is 6.04 Å². The van der Waals surface area contributed by atoms with Crippen molar-refractivity contribution in [3.8, 4) is 0 Å². The quantitative estimate of drug-likeness (QED) is 0.778. The third kappa shape index (κ3) is 1.98. The minimum Gasteiger partial charge on any atom is -0.387 e. The van der Waals surface area contributed by atoms with Gasteiger partial charge in [-0.3, -0.25) is 4.98 Å². The fourth-order valence-electron chi connectivity index (χ4n) is 1.58. The van der Waals surface area contributed by atoms with Crippen molar-refractivity contribution in [3.63, 3.8) is 0 Å². The highest BCUT2D eigenvalue weighted by Gasteiger charge is 2.12. The fourth-order valence-corrected chi connectivity index (χ4v) is 1.58. The number of hydrogen-bond donors (Lipinski definition) is 2. The third-order valence-corrected chi connectivity index (χ3v) is 2.47. The van der Waals surface area contributed by atoms with Gasteiger partial charge in [-0.15, -0.1) is 0 Å². The molecule has 0 spiro atoms. The summed E-state index contributed by atoms with van der Waals surface area (Å²) >= 11 is 0. The number of aromatic nitrogens is 1. The second kappa shape index (κ2) is 3.96. The van der Waals surface area contributed by atoms with Crippen LogP contribution < -0.4 is 5.73 Å². The molecule has 78 valence electrons. The third-order valence-electron chi connectivity index (χ3n) is 2.47. The molecule has 3 heteroatoms. The zero-order valence-corrected chi connectivity index (χ0v) is 8.59. The molecule has 3 nitrogen and oxygen atoms in total. The van der Waals surface area contributed by atoms with E-state index < -0.39 is 6.10 Å². The van der Waals surface area contributed by atoms with E-state index in [0.717, 1.165) is 16.5 Å². The number of fused-ring (bicyclic) bond motifs is 1. The summed E-state index contributed by atoms with van der Waals surface area (Å²) in [6.07, 6.45) is 1.14. The lowest BCUT2D eigenvalue weighted by Gasteiger charge is -2.15. The van der Waals surface area contributed by atoms with Gasteiger partial charge in [-0.1, -0.05) is 12.1 Å². The molecular weight excluding hydrogens is 188 g/mol. The van der Waals surface area contributed by atoms with E-state index >= 15 is 0 Å². The molecule has 0 unspecified atom stereocenters. The molecule has 1 heterocycles. The average Bonchev–Trinajstić information content (AvgIpc) is 2.27. The molecule has 0 amide bonds. The summed E-state index contributed by atoms with van der Waals surface area (Å²) in [7, 11) is 0. The summed E-state index contributed by atoms with van der Waals surface area (Å²) in [6.45, 7) is 1.79. The van der Waals surface area contributed by atoms with Gasteiger partial charge in [0.2, 0.25) is 0 Å². The van der Waals surface area contributed by atoms with Crippen molar-refractivity contribution in [3.05, 3.63) is 42.1 Å². The summed E-state index contributed by atoms with van der Waals surface area (Å²) in [5.41, 5.74) is 7.41. The van der Waals surface area contributed by atoms with Crippen molar-refractivity contribution in [1.29, 1.82) is 0 Å². The summed E-state index contributed by atoms with van der Waals surface area (Å²) in [5, 5.41) is 10.8. The maximum Gasteiger partial charge on any atom is 0.0938 e. The van der Waals surface area contributed by atoms with Crippen LogP contribution in [0.15, 0.2) is 36.5 Å². The maximum absolute atomic E-state index is 9.81. The van der Waals surface area contributed by atoms with E-state index in [1.807, 2.05) is 30.3 Å². The predicted molar refractivity (Wildman–Crippen MR) is 60.4 cm³/mol. The number of nitrogens with two attached hydrogens (primary N) is 1. The normalized spacial score (nSPS) is 15.1. The van der Waals surface area contributed by atoms with Crippen molar-refractivity contribution in [2.75, 3.05) is 0 Å². The fraction of sp³-hybridized carbons (Fsp3) is 0.250. The Hall–Kier alpha value is -1.45. The molecule has 0 fully saturated rings. The number of benzene rings is 1. The molecule has 2 rings (SSSR count). The van der Waals surface area contributed by atoms with Crippen LogP contribution in [-0.2, 0) is 0 Å². The Bertz CT molecular complexity index is 468. The van der Waals surface area contributed by atoms with Gasteiger partial charge in [0.15, 0.2) is 0 Å². The van der Waals surface area contributed by atoms with Gasteiger partial charge >= 0.3 is 0 Å². The number of aliphatic hydroxyl groups is 1. The lowest BCUT2D eigenvalue weighted by atomic mass is 10.0. The van der Waals surface area contributed by atoms with E-state index in [2.05, 4.69) is 4.98 Å². The lowest BCUT2D eigenvalue weighted by molar-refractivity contribution is 0.153. The molecule has 0 saturated heterocycles. The minimum absolute atomic E-state index is 0.265. The molecule has 0 radical (unpaired) electrons. The SMILES string of the molecule is C[C@H](N)[C@H](O)c1ccc2ncccc2c1. The van der Waals surface area contributed by atoms with Crippen molar-refractivity contribution < 1.29 is 5.11 Å². The summed E-state index contributed by atoms with van der Waals surface area (Å²) < 4.78 is 0. The zero-order valence-electron chi connectivity index (χ0n) is 8.59. The Kier molecular flexibility index (Phi) is 2.66. The van der Waals surface area contributed by atoms with Crippen molar-refractivity contribution >= 4 is 10.9 Å². The van der Waals surface area contributed by atoms with Crippen LogP contribution in [0.1, 0.15) is 18.6 Å². The van der Waals surface area contributed by atoms with Crippen molar-refractivity contribution in [1.82, 2.24) is 4.98 Å². The van der Waals surface area contributed by atoms with Gasteiger partial charge in [0.05, 0.1) is 11.6 Å². The van der Waals surface area contributed by atoms with Gasteiger partial charge in [0, 0.05) is 17.6 Å². The summed E-state index contributed by atoms with van der Waals surface area (Å²) in [5.74, 6) is 0. The molecule has 2 aromatic rings. The number of nitrogens with zero attached hydrogens (tertiary/aromatic N) is 1. The average molecular weight is 202 g/mol. The summed E-state index contributed by atoms with van der Waals surface area (Å²) in [6, 6.07) is 9.28. The second-order valence-corrected chi connectivity index (χ2v) is 3.76. The highest BCUT2D eigenvalue weighted by Crippen LogP contribution is 2.20. The zero-order chi connectivity index (χ0) is 10.8. The second-order valence-electron chi connectivity index (χ2n) is 3.76. The Morgan fingerprint density at radius 1 is 1.33 bits per heavy atom. The lowest BCUT2D eigenvalue weighted by Crippen LogP contribution is -2.24. The molecule has 0 aliphatic rings. The van der Waals surface area contributed by atoms with Crippen LogP contribution in [0.2, 0.25) is 0 Å². The molecule has 0 saturated carbocycles. The number of pyridine rings is 1. The molecule has 2 atom stereocenters. The van der Waals surface area contributed by atoms with Gasteiger partial charge in [0.1, 0.15) is 0 Å². The monoisotopic (exact) mass is 202 g/mol. The Morgan fingerprint density at radius 2 is 2.13 bits per heavy atom. The largest absolute Gasteiger partial charge is 0.387 e. The number of aliphatic hydroxyl groups excluding tert-OH is 1. The van der Waals surface area contributed by atoms with Gasteiger partial charge in [0.25, 0.3) is 0 Å². The first-order valence-electron chi connectivity index (χ1n) is 4.97. The molecular formula is C12H14N2O. The molecule has 3 N–H and O–H groups in total. The first-order chi connectivity index (χ1) is 7.18. The molecule has 0 aliphatic heterocycles. The maximum atomic E-state index is 9.81. The van der Waals surface area contributed by atoms with E-state index in [9.17, 15) is 5.11 Å². The standard InChI is InChI=1S/C12H14N2O/c1-8(13)12(15)10-4-5-11-9(7-10)3-2-6-14-11/h2-8,12,15H,13H2,1H3/t8-,12-/m0/s1. The van der Waals surface area contributed by atoms with Crippen LogP contribution in [0.25, 0.3) is 10.9 Å². The van der Waals surface area contributed by atoms with Crippen molar-refractivity contribution in [2.45, 2.75) is 19.1 Å². The van der Waals surface area contributed by atoms with Crippen LogP contribution in [0, 0.1) is 0 Å². The predicted octanol–water partition coefficient (Wildman–Crippen LogP) is 1.62. The van der Waals surface area contributed by atoms with Crippen LogP contribution in [0.4, 0.5) is 0 Å². The van der Waals surface area contributed by atoms with E-state index in [0.29, 0.717) is 0 Å². The van der Waals surface area contributed by atoms with Gasteiger partial charge in [-0.2, -0.15) is 0 Å². The summed E-state index contributed by atoms with van der Waals surface area (Å²) in [4.78, 5) is 4.21. The first kappa shape index (κ1) is 10.1. The van der Waals surface area contributed by atoms with E-state index in [1.54, 1.807) is 13.1 Å². The molecule has 15 heavy (non-hydrogen) atoms. The number of hydrogen-bond acceptors (Lipinski definition) is 3. The van der Waals surface area contributed by atoms with Gasteiger partial charge in [-0.05, 0) is 30.7 Å². The van der Waals surface area contributed by atoms with E-state index in [1.165, 1.54) is 0 Å². The smallest absolute Gasteiger partial charge is 0.0938 e. The highest BCUT2D eigenvalue weighted by atomic mass is 16.3. The van der Waals surface area contributed by atoms with Crippen LogP contribution in [0.5, 0.6) is 0 Å². The van der Waals surface area contributed by atoms with Gasteiger partial charge < -0.3 is 10.8 Å². The Morgan fingerprint density at radius 3 is 2.87 bits per heavy atom. The Labute approximate surface area is 88.6 Å².